The third kappa shape index (κ3) is 9.61. The molecule has 5 nitrogen and oxygen atoms in total. The van der Waals surface area contributed by atoms with Gasteiger partial charge in [-0.15, -0.1) is 24.0 Å². The predicted molar refractivity (Wildman–Crippen MR) is 103 cm³/mol. The second-order valence-corrected chi connectivity index (χ2v) is 6.19. The summed E-state index contributed by atoms with van der Waals surface area (Å²) < 4.78 is 46.6. The Balaban J connectivity index is 0.00000576. The van der Waals surface area contributed by atoms with Crippen LogP contribution in [-0.4, -0.2) is 38.4 Å². The zero-order valence-electron chi connectivity index (χ0n) is 15.0. The lowest BCUT2D eigenvalue weighted by atomic mass is 10.1. The fraction of sp³-hybridized carbons (Fsp3) is 0.562. The molecule has 0 fully saturated rings. The Labute approximate surface area is 163 Å². The molecule has 0 spiro atoms. The van der Waals surface area contributed by atoms with E-state index in [-0.39, 0.29) is 41.0 Å². The number of guanidine groups is 1. The van der Waals surface area contributed by atoms with Gasteiger partial charge in [-0.05, 0) is 38.5 Å². The Morgan fingerprint density at radius 2 is 1.80 bits per heavy atom. The number of aliphatic imine (C=N–C) groups is 1. The second-order valence-electron chi connectivity index (χ2n) is 6.19. The summed E-state index contributed by atoms with van der Waals surface area (Å²) in [7, 11) is 3.04. The van der Waals surface area contributed by atoms with Crippen LogP contribution in [0.15, 0.2) is 23.2 Å². The Morgan fingerprint density at radius 1 is 1.16 bits per heavy atom. The molecule has 144 valence electrons. The van der Waals surface area contributed by atoms with Crippen LogP contribution in [0.1, 0.15) is 26.3 Å². The molecule has 2 N–H and O–H groups in total. The van der Waals surface area contributed by atoms with Gasteiger partial charge in [0.25, 0.3) is 0 Å². The fourth-order valence-electron chi connectivity index (χ4n) is 1.82. The van der Waals surface area contributed by atoms with Crippen LogP contribution >= 0.6 is 24.0 Å². The monoisotopic (exact) mass is 475 g/mol. The molecule has 9 heteroatoms. The third-order valence-electron chi connectivity index (χ3n) is 2.80. The maximum Gasteiger partial charge on any atom is 0.422 e. The summed E-state index contributed by atoms with van der Waals surface area (Å²) in [6, 6.07) is 4.76. The van der Waals surface area contributed by atoms with Crippen LogP contribution in [0, 0.1) is 0 Å². The molecular formula is C16H25F3IN3O2. The van der Waals surface area contributed by atoms with Crippen LogP contribution in [-0.2, 0) is 6.54 Å². The quantitative estimate of drug-likeness (QED) is 0.388. The number of halogens is 4. The Morgan fingerprint density at radius 3 is 2.28 bits per heavy atom. The van der Waals surface area contributed by atoms with Crippen LogP contribution < -0.4 is 20.1 Å². The van der Waals surface area contributed by atoms with E-state index in [0.717, 1.165) is 5.56 Å². The van der Waals surface area contributed by atoms with Crippen molar-refractivity contribution in [1.82, 2.24) is 10.6 Å². The Kier molecular flexibility index (Phi) is 9.38. The summed E-state index contributed by atoms with van der Waals surface area (Å²) in [5.41, 5.74) is 0.678. The van der Waals surface area contributed by atoms with Crippen molar-refractivity contribution in [3.05, 3.63) is 23.8 Å². The maximum atomic E-state index is 12.2. The minimum Gasteiger partial charge on any atom is -0.493 e. The topological polar surface area (TPSA) is 54.9 Å². The van der Waals surface area contributed by atoms with Gasteiger partial charge in [-0.2, -0.15) is 13.2 Å². The highest BCUT2D eigenvalue weighted by atomic mass is 127. The highest BCUT2D eigenvalue weighted by molar-refractivity contribution is 14.0. The van der Waals surface area contributed by atoms with E-state index in [1.54, 1.807) is 19.2 Å². The molecule has 0 aromatic heterocycles. The van der Waals surface area contributed by atoms with Gasteiger partial charge in [0.1, 0.15) is 0 Å². The van der Waals surface area contributed by atoms with Crippen molar-refractivity contribution >= 4 is 29.9 Å². The SMILES string of the molecule is CN=C(NCc1ccc(OCC(F)(F)F)c(OC)c1)NC(C)(C)C.I. The van der Waals surface area contributed by atoms with E-state index in [2.05, 4.69) is 15.6 Å². The highest BCUT2D eigenvalue weighted by Crippen LogP contribution is 2.29. The van der Waals surface area contributed by atoms with Crippen molar-refractivity contribution in [2.24, 2.45) is 4.99 Å². The van der Waals surface area contributed by atoms with Crippen LogP contribution in [0.5, 0.6) is 11.5 Å². The summed E-state index contributed by atoms with van der Waals surface area (Å²) in [6.45, 7) is 5.11. The van der Waals surface area contributed by atoms with Crippen molar-refractivity contribution in [2.75, 3.05) is 20.8 Å². The number of benzene rings is 1. The van der Waals surface area contributed by atoms with E-state index < -0.39 is 12.8 Å². The number of alkyl halides is 3. The van der Waals surface area contributed by atoms with Gasteiger partial charge in [0, 0.05) is 19.1 Å². The lowest BCUT2D eigenvalue weighted by Gasteiger charge is -2.23. The number of rotatable bonds is 5. The van der Waals surface area contributed by atoms with Crippen LogP contribution in [0.2, 0.25) is 0 Å². The lowest BCUT2D eigenvalue weighted by molar-refractivity contribution is -0.153. The van der Waals surface area contributed by atoms with E-state index in [9.17, 15) is 13.2 Å². The molecule has 0 atom stereocenters. The molecule has 0 aliphatic carbocycles. The first kappa shape index (κ1) is 23.6. The Bertz CT molecular complexity index is 573. The third-order valence-corrected chi connectivity index (χ3v) is 2.80. The van der Waals surface area contributed by atoms with Gasteiger partial charge >= 0.3 is 6.18 Å². The number of ether oxygens (including phenoxy) is 2. The maximum absolute atomic E-state index is 12.2. The zero-order chi connectivity index (χ0) is 18.4. The molecule has 1 aromatic rings. The van der Waals surface area contributed by atoms with E-state index in [0.29, 0.717) is 12.5 Å². The van der Waals surface area contributed by atoms with Gasteiger partial charge in [-0.3, -0.25) is 4.99 Å². The molecular weight excluding hydrogens is 450 g/mol. The standard InChI is InChI=1S/C16H24F3N3O2.HI/c1-15(2,3)22-14(20-4)21-9-11-6-7-12(13(8-11)23-5)24-10-16(17,18)19;/h6-8H,9-10H2,1-5H3,(H2,20,21,22);1H. The number of hydrogen-bond acceptors (Lipinski definition) is 3. The van der Waals surface area contributed by atoms with Crippen molar-refractivity contribution < 1.29 is 22.6 Å². The lowest BCUT2D eigenvalue weighted by Crippen LogP contribution is -2.47. The van der Waals surface area contributed by atoms with E-state index in [4.69, 9.17) is 9.47 Å². The average molecular weight is 475 g/mol. The molecule has 0 amide bonds. The van der Waals surface area contributed by atoms with E-state index >= 15 is 0 Å². The molecule has 0 bridgehead atoms. The summed E-state index contributed by atoms with van der Waals surface area (Å²) in [4.78, 5) is 4.12. The first-order valence-corrected chi connectivity index (χ1v) is 7.39. The largest absolute Gasteiger partial charge is 0.493 e. The van der Waals surface area contributed by atoms with Crippen molar-refractivity contribution in [3.8, 4) is 11.5 Å². The number of hydrogen-bond donors (Lipinski definition) is 2. The summed E-state index contributed by atoms with van der Waals surface area (Å²) in [6.07, 6.45) is -4.39. The molecule has 0 saturated carbocycles. The molecule has 0 unspecified atom stereocenters. The average Bonchev–Trinajstić information content (AvgIpc) is 2.47. The van der Waals surface area contributed by atoms with Gasteiger partial charge < -0.3 is 20.1 Å². The molecule has 0 aliphatic rings. The van der Waals surface area contributed by atoms with Crippen LogP contribution in [0.4, 0.5) is 13.2 Å². The summed E-state index contributed by atoms with van der Waals surface area (Å²) >= 11 is 0. The van der Waals surface area contributed by atoms with Gasteiger partial charge in [-0.1, -0.05) is 6.07 Å². The first-order valence-electron chi connectivity index (χ1n) is 7.39. The van der Waals surface area contributed by atoms with Gasteiger partial charge in [0.05, 0.1) is 7.11 Å². The second kappa shape index (κ2) is 9.93. The highest BCUT2D eigenvalue weighted by Gasteiger charge is 2.29. The normalized spacial score (nSPS) is 12.2. The van der Waals surface area contributed by atoms with Gasteiger partial charge in [0.15, 0.2) is 24.1 Å². The Hall–Kier alpha value is -1.39. The molecule has 0 saturated heterocycles. The van der Waals surface area contributed by atoms with E-state index in [1.165, 1.54) is 13.2 Å². The first-order chi connectivity index (χ1) is 11.0. The minimum absolute atomic E-state index is 0. The zero-order valence-corrected chi connectivity index (χ0v) is 17.3. The van der Waals surface area contributed by atoms with Crippen molar-refractivity contribution in [2.45, 2.75) is 39.0 Å². The smallest absolute Gasteiger partial charge is 0.422 e. The number of methoxy groups -OCH3 is 1. The number of nitrogens with one attached hydrogen (secondary N) is 2. The van der Waals surface area contributed by atoms with Crippen LogP contribution in [0.25, 0.3) is 0 Å². The number of nitrogens with zero attached hydrogens (tertiary/aromatic N) is 1. The predicted octanol–water partition coefficient (Wildman–Crippen LogP) is 3.72. The molecule has 0 aliphatic heterocycles. The summed E-state index contributed by atoms with van der Waals surface area (Å²) in [5, 5.41) is 6.34. The molecule has 1 aromatic carbocycles. The molecule has 1 rings (SSSR count). The summed E-state index contributed by atoms with van der Waals surface area (Å²) in [5.74, 6) is 0.923. The minimum atomic E-state index is -4.39. The van der Waals surface area contributed by atoms with Crippen molar-refractivity contribution in [3.63, 3.8) is 0 Å². The van der Waals surface area contributed by atoms with Gasteiger partial charge in [0.2, 0.25) is 0 Å². The molecule has 25 heavy (non-hydrogen) atoms. The molecule has 0 heterocycles. The van der Waals surface area contributed by atoms with Crippen molar-refractivity contribution in [1.29, 1.82) is 0 Å². The van der Waals surface area contributed by atoms with Gasteiger partial charge in [-0.25, -0.2) is 0 Å². The van der Waals surface area contributed by atoms with E-state index in [1.807, 2.05) is 20.8 Å². The molecule has 0 radical (unpaired) electrons. The fourth-order valence-corrected chi connectivity index (χ4v) is 1.82. The van der Waals surface area contributed by atoms with Crippen LogP contribution in [0.3, 0.4) is 0 Å².